The Morgan fingerprint density at radius 3 is 2.30 bits per heavy atom. The van der Waals surface area contributed by atoms with Crippen molar-refractivity contribution >= 4 is 29.8 Å². The SMILES string of the molecule is C=CCNC(=O)C(=O)C(CCC)NC(O)C1[C@@H]2[C@H](CN1C(=O)C(NC(=O)N[C@H](COC(=O)OC)C(C)C)C(C)(C)C)C2(C)C. The van der Waals surface area contributed by atoms with Crippen LogP contribution < -0.4 is 21.3 Å². The molecule has 0 aromatic heterocycles. The van der Waals surface area contributed by atoms with Crippen LogP contribution in [0, 0.1) is 28.6 Å². The fourth-order valence-corrected chi connectivity index (χ4v) is 6.01. The predicted octanol–water partition coefficient (Wildman–Crippen LogP) is 1.94. The molecule has 13 nitrogen and oxygen atoms in total. The van der Waals surface area contributed by atoms with Gasteiger partial charge in [-0.3, -0.25) is 19.7 Å². The molecule has 0 bridgehead atoms. The highest BCUT2D eigenvalue weighted by molar-refractivity contribution is 6.38. The van der Waals surface area contributed by atoms with Crippen LogP contribution in [-0.4, -0.2) is 97.0 Å². The number of hydrogen-bond donors (Lipinski definition) is 5. The van der Waals surface area contributed by atoms with E-state index in [4.69, 9.17) is 4.74 Å². The third-order valence-electron chi connectivity index (χ3n) is 8.82. The lowest BCUT2D eigenvalue weighted by molar-refractivity contribution is -0.143. The average molecular weight is 624 g/mol. The van der Waals surface area contributed by atoms with Crippen molar-refractivity contribution in [3.05, 3.63) is 12.7 Å². The van der Waals surface area contributed by atoms with Crippen molar-refractivity contribution in [2.24, 2.45) is 28.6 Å². The number of urea groups is 1. The zero-order chi connectivity index (χ0) is 33.6. The van der Waals surface area contributed by atoms with Crippen LogP contribution >= 0.6 is 0 Å². The van der Waals surface area contributed by atoms with E-state index < -0.39 is 59.7 Å². The largest absolute Gasteiger partial charge is 0.508 e. The minimum atomic E-state index is -1.29. The number of likely N-dealkylation sites (tertiary alicyclic amines) is 1. The first-order chi connectivity index (χ1) is 20.4. The van der Waals surface area contributed by atoms with Gasteiger partial charge in [0.05, 0.1) is 25.2 Å². The van der Waals surface area contributed by atoms with E-state index in [9.17, 15) is 29.1 Å². The van der Waals surface area contributed by atoms with Crippen molar-refractivity contribution in [1.29, 1.82) is 0 Å². The van der Waals surface area contributed by atoms with Crippen LogP contribution in [0.4, 0.5) is 9.59 Å². The molecule has 44 heavy (non-hydrogen) atoms. The van der Waals surface area contributed by atoms with Gasteiger partial charge in [-0.25, -0.2) is 9.59 Å². The maximum atomic E-state index is 14.2. The summed E-state index contributed by atoms with van der Waals surface area (Å²) in [6.45, 7) is 19.2. The maximum absolute atomic E-state index is 14.2. The molecule has 1 aliphatic carbocycles. The first-order valence-electron chi connectivity index (χ1n) is 15.4. The Labute approximate surface area is 261 Å². The first kappa shape index (κ1) is 37.0. The molecule has 1 saturated heterocycles. The Hall–Kier alpha value is -3.19. The second-order valence-electron chi connectivity index (χ2n) is 13.8. The van der Waals surface area contributed by atoms with Crippen molar-refractivity contribution in [3.63, 3.8) is 0 Å². The van der Waals surface area contributed by atoms with Crippen molar-refractivity contribution in [1.82, 2.24) is 26.2 Å². The Morgan fingerprint density at radius 2 is 1.77 bits per heavy atom. The number of hydrogen-bond acceptors (Lipinski definition) is 9. The summed E-state index contributed by atoms with van der Waals surface area (Å²) >= 11 is 0. The monoisotopic (exact) mass is 623 g/mol. The molecule has 1 heterocycles. The Kier molecular flexibility index (Phi) is 12.8. The summed E-state index contributed by atoms with van der Waals surface area (Å²) in [7, 11) is 1.19. The lowest BCUT2D eigenvalue weighted by Crippen LogP contribution is -2.63. The standard InChI is InChI=1S/C31H53N5O8/c1-11-13-19(23(37)26(39)32-14-12-2)33-25(38)22-21-18(31(21,8)9)15-36(22)27(40)24(30(5,6)7)35-28(41)34-20(17(3)4)16-44-29(42)43-10/h12,17-22,24-25,33,38H,2,11,13-16H2,1,3-10H3,(H,32,39)(H2,34,35,41)/t18-,19?,20+,21-,22?,24?,25?/m0/s1. The van der Waals surface area contributed by atoms with Crippen molar-refractivity contribution in [3.8, 4) is 0 Å². The molecule has 0 aromatic carbocycles. The van der Waals surface area contributed by atoms with E-state index >= 15 is 0 Å². The quantitative estimate of drug-likeness (QED) is 0.0790. The zero-order valence-corrected chi connectivity index (χ0v) is 27.7. The summed E-state index contributed by atoms with van der Waals surface area (Å²) in [5.41, 5.74) is -0.846. The van der Waals surface area contributed by atoms with Gasteiger partial charge in [-0.05, 0) is 35.0 Å². The van der Waals surface area contributed by atoms with Gasteiger partial charge in [-0.1, -0.05) is 67.9 Å². The van der Waals surface area contributed by atoms with Crippen molar-refractivity contribution < 1.29 is 38.6 Å². The molecule has 1 aliphatic heterocycles. The molecule has 4 amide bonds. The van der Waals surface area contributed by atoms with Crippen LogP contribution in [-0.2, 0) is 23.9 Å². The van der Waals surface area contributed by atoms with E-state index in [1.165, 1.54) is 13.2 Å². The fourth-order valence-electron chi connectivity index (χ4n) is 6.01. The summed E-state index contributed by atoms with van der Waals surface area (Å²) in [6.07, 6.45) is 0.216. The number of aliphatic hydroxyl groups is 1. The maximum Gasteiger partial charge on any atom is 0.508 e. The molecule has 0 aromatic rings. The molecular formula is C31H53N5O8. The molecular weight excluding hydrogens is 570 g/mol. The van der Waals surface area contributed by atoms with Crippen LogP contribution in [0.3, 0.4) is 0 Å². The Morgan fingerprint density at radius 1 is 1.14 bits per heavy atom. The second-order valence-corrected chi connectivity index (χ2v) is 13.8. The third-order valence-corrected chi connectivity index (χ3v) is 8.82. The number of ether oxygens (including phenoxy) is 2. The topological polar surface area (TPSA) is 175 Å². The van der Waals surface area contributed by atoms with E-state index in [-0.39, 0.29) is 42.2 Å². The summed E-state index contributed by atoms with van der Waals surface area (Å²) in [5, 5.41) is 22.6. The number of aliphatic hydroxyl groups excluding tert-OH is 1. The number of nitrogens with zero attached hydrogens (tertiary/aromatic N) is 1. The van der Waals surface area contributed by atoms with E-state index in [1.807, 2.05) is 41.5 Å². The van der Waals surface area contributed by atoms with E-state index in [1.54, 1.807) is 4.90 Å². The van der Waals surface area contributed by atoms with Gasteiger partial charge in [-0.2, -0.15) is 0 Å². The van der Waals surface area contributed by atoms with Crippen LogP contribution in [0.15, 0.2) is 12.7 Å². The van der Waals surface area contributed by atoms with Gasteiger partial charge >= 0.3 is 12.2 Å². The minimum Gasteiger partial charge on any atom is -0.438 e. The molecule has 2 fully saturated rings. The van der Waals surface area contributed by atoms with Gasteiger partial charge in [0.1, 0.15) is 18.9 Å². The number of piperidine rings is 1. The molecule has 0 radical (unpaired) electrons. The molecule has 1 saturated carbocycles. The minimum absolute atomic E-state index is 0.0452. The van der Waals surface area contributed by atoms with Gasteiger partial charge in [0.2, 0.25) is 11.7 Å². The van der Waals surface area contributed by atoms with E-state index in [0.717, 1.165) is 0 Å². The van der Waals surface area contributed by atoms with Crippen LogP contribution in [0.1, 0.15) is 68.2 Å². The number of amides is 4. The van der Waals surface area contributed by atoms with Gasteiger partial charge in [-0.15, -0.1) is 6.58 Å². The molecule has 5 N–H and O–H groups in total. The molecule has 7 atom stereocenters. The van der Waals surface area contributed by atoms with Gasteiger partial charge in [0.25, 0.3) is 5.91 Å². The molecule has 4 unspecified atom stereocenters. The second kappa shape index (κ2) is 15.2. The number of carbonyl (C=O) groups excluding carboxylic acids is 5. The predicted molar refractivity (Wildman–Crippen MR) is 164 cm³/mol. The first-order valence-corrected chi connectivity index (χ1v) is 15.4. The Bertz CT molecular complexity index is 1070. The summed E-state index contributed by atoms with van der Waals surface area (Å²) < 4.78 is 9.54. The van der Waals surface area contributed by atoms with Crippen LogP contribution in [0.25, 0.3) is 0 Å². The van der Waals surface area contributed by atoms with Gasteiger partial charge in [0, 0.05) is 13.1 Å². The number of Topliss-reactive ketones (excluding diaryl/α,β-unsaturated/α-hetero) is 1. The molecule has 2 aliphatic rings. The summed E-state index contributed by atoms with van der Waals surface area (Å²) in [6, 6.07) is -3.74. The van der Waals surface area contributed by atoms with E-state index in [2.05, 4.69) is 46.4 Å². The number of rotatable bonds is 15. The Balaban J connectivity index is 2.26. The highest BCUT2D eigenvalue weighted by atomic mass is 16.7. The number of carbonyl (C=O) groups is 5. The van der Waals surface area contributed by atoms with E-state index in [0.29, 0.717) is 19.4 Å². The fraction of sp³-hybridized carbons (Fsp3) is 0.774. The smallest absolute Gasteiger partial charge is 0.438 e. The summed E-state index contributed by atoms with van der Waals surface area (Å²) in [4.78, 5) is 65.7. The zero-order valence-electron chi connectivity index (χ0n) is 27.7. The molecule has 250 valence electrons. The average Bonchev–Trinajstić information content (AvgIpc) is 3.26. The summed E-state index contributed by atoms with van der Waals surface area (Å²) in [5.74, 6) is -1.85. The van der Waals surface area contributed by atoms with Crippen molar-refractivity contribution in [2.45, 2.75) is 98.6 Å². The molecule has 0 spiro atoms. The normalized spacial score (nSPS) is 23.0. The highest BCUT2D eigenvalue weighted by Gasteiger charge is 2.69. The molecule has 2 rings (SSSR count). The lowest BCUT2D eigenvalue weighted by Gasteiger charge is -2.40. The highest BCUT2D eigenvalue weighted by Crippen LogP contribution is 2.65. The van der Waals surface area contributed by atoms with Gasteiger partial charge in [0.15, 0.2) is 0 Å². The van der Waals surface area contributed by atoms with Gasteiger partial charge < -0.3 is 35.4 Å². The molecule has 13 heteroatoms. The number of fused-ring (bicyclic) bond motifs is 1. The number of methoxy groups -OCH3 is 1. The van der Waals surface area contributed by atoms with Crippen LogP contribution in [0.5, 0.6) is 0 Å². The third kappa shape index (κ3) is 8.93. The lowest BCUT2D eigenvalue weighted by atomic mass is 9.85. The van der Waals surface area contributed by atoms with Crippen molar-refractivity contribution in [2.75, 3.05) is 26.8 Å². The number of ketones is 1. The number of nitrogens with one attached hydrogen (secondary N) is 4. The van der Waals surface area contributed by atoms with Crippen LogP contribution in [0.2, 0.25) is 0 Å².